The highest BCUT2D eigenvalue weighted by molar-refractivity contribution is 6.08. The molecule has 0 aromatic heterocycles. The molecule has 0 saturated carbocycles. The van der Waals surface area contributed by atoms with Crippen molar-refractivity contribution in [2.24, 2.45) is 0 Å². The van der Waals surface area contributed by atoms with Gasteiger partial charge < -0.3 is 0 Å². The molecule has 0 nitrogen and oxygen atoms in total. The lowest BCUT2D eigenvalue weighted by Gasteiger charge is -2.05. The molecule has 0 aromatic rings. The van der Waals surface area contributed by atoms with E-state index in [0.717, 1.165) is 0 Å². The second-order valence-corrected chi connectivity index (χ2v) is 13.7. The Hall–Kier alpha value is 0.532. The van der Waals surface area contributed by atoms with Gasteiger partial charge in [0.1, 0.15) is 16.3 Å². The van der Waals surface area contributed by atoms with Crippen molar-refractivity contribution >= 4 is 16.3 Å². The third kappa shape index (κ3) is 38.5. The summed E-state index contributed by atoms with van der Waals surface area (Å²) in [5.41, 5.74) is 0. The largest absolute Gasteiger partial charge is 0.118 e. The maximum atomic E-state index is 2.85. The van der Waals surface area contributed by atoms with E-state index in [9.17, 15) is 0 Å². The molecule has 2 radical (unpaired) electrons. The fraction of sp³-hybridized carbons (Fsp3) is 1.00. The molecule has 0 aliphatic heterocycles. The first-order chi connectivity index (χ1) is 19.4. The van der Waals surface area contributed by atoms with Gasteiger partial charge >= 0.3 is 0 Å². The zero-order chi connectivity index (χ0) is 28.2. The lowest BCUT2D eigenvalue weighted by atomic mass is 10.0. The summed E-state index contributed by atoms with van der Waals surface area (Å²) >= 11 is 2.85. The Morgan fingerprint density at radius 2 is 0.333 bits per heavy atom. The zero-order valence-electron chi connectivity index (χ0n) is 27.7. The SMILES string of the molecule is CCCCCCCCCCCCCCCCCCCCCCCCCCCCCCCCCCCCC[CH2][Al]. The summed E-state index contributed by atoms with van der Waals surface area (Å²) in [6.07, 6.45) is 53.4. The maximum Gasteiger partial charge on any atom is 0.118 e. The minimum Gasteiger partial charge on any atom is -0.118 e. The lowest BCUT2D eigenvalue weighted by molar-refractivity contribution is 0.510. The van der Waals surface area contributed by atoms with Crippen molar-refractivity contribution in [2.75, 3.05) is 0 Å². The van der Waals surface area contributed by atoms with Gasteiger partial charge in [0.25, 0.3) is 0 Å². The van der Waals surface area contributed by atoms with Crippen LogP contribution in [0.1, 0.15) is 238 Å². The second-order valence-electron chi connectivity index (χ2n) is 13.2. The first kappa shape index (κ1) is 39.5. The predicted octanol–water partition coefficient (Wildman–Crippen LogP) is 14.6. The highest BCUT2D eigenvalue weighted by Gasteiger charge is 1.97. The summed E-state index contributed by atoms with van der Waals surface area (Å²) in [5, 5.41) is 1.29. The third-order valence-electron chi connectivity index (χ3n) is 9.06. The van der Waals surface area contributed by atoms with E-state index >= 15 is 0 Å². The Kier molecular flexibility index (Phi) is 39.1. The maximum absolute atomic E-state index is 2.85. The topological polar surface area (TPSA) is 0 Å². The van der Waals surface area contributed by atoms with Crippen LogP contribution in [0.25, 0.3) is 0 Å². The van der Waals surface area contributed by atoms with Gasteiger partial charge in [-0.2, -0.15) is 0 Å². The molecular formula is C38H77Al. The molecule has 0 atom stereocenters. The zero-order valence-corrected chi connectivity index (χ0v) is 28.9. The van der Waals surface area contributed by atoms with Gasteiger partial charge in [-0.25, -0.2) is 0 Å². The van der Waals surface area contributed by atoms with Gasteiger partial charge in [0.05, 0.1) is 0 Å². The summed E-state index contributed by atoms with van der Waals surface area (Å²) in [6, 6.07) is 0. The average molecular weight is 561 g/mol. The molecule has 0 aromatic carbocycles. The molecule has 0 unspecified atom stereocenters. The summed E-state index contributed by atoms with van der Waals surface area (Å²) in [6.45, 7) is 2.31. The smallest absolute Gasteiger partial charge is 0.118 e. The van der Waals surface area contributed by atoms with Gasteiger partial charge in [0, 0.05) is 0 Å². The Morgan fingerprint density at radius 3 is 0.462 bits per heavy atom. The van der Waals surface area contributed by atoms with Gasteiger partial charge in [-0.05, 0) is 0 Å². The molecule has 0 aliphatic rings. The predicted molar refractivity (Wildman–Crippen MR) is 182 cm³/mol. The molecule has 0 N–H and O–H groups in total. The normalized spacial score (nSPS) is 11.5. The number of hydrogen-bond donors (Lipinski definition) is 0. The van der Waals surface area contributed by atoms with Crippen LogP contribution in [0, 0.1) is 0 Å². The summed E-state index contributed by atoms with van der Waals surface area (Å²) < 4.78 is 0. The van der Waals surface area contributed by atoms with Crippen molar-refractivity contribution in [3.05, 3.63) is 0 Å². The van der Waals surface area contributed by atoms with Gasteiger partial charge in [-0.3, -0.25) is 0 Å². The molecule has 0 bridgehead atoms. The van der Waals surface area contributed by atoms with E-state index < -0.39 is 0 Å². The molecule has 0 heterocycles. The van der Waals surface area contributed by atoms with E-state index in [1.165, 1.54) is 236 Å². The summed E-state index contributed by atoms with van der Waals surface area (Å²) in [4.78, 5) is 0. The van der Waals surface area contributed by atoms with Crippen LogP contribution in [-0.2, 0) is 0 Å². The molecule has 1 heteroatoms. The van der Waals surface area contributed by atoms with Crippen LogP contribution in [0.2, 0.25) is 5.28 Å². The van der Waals surface area contributed by atoms with Gasteiger partial charge in [-0.15, -0.1) is 5.28 Å². The van der Waals surface area contributed by atoms with Crippen LogP contribution in [0.4, 0.5) is 0 Å². The monoisotopic (exact) mass is 561 g/mol. The number of hydrogen-bond acceptors (Lipinski definition) is 0. The van der Waals surface area contributed by atoms with E-state index in [2.05, 4.69) is 23.2 Å². The van der Waals surface area contributed by atoms with E-state index in [1.807, 2.05) is 0 Å². The van der Waals surface area contributed by atoms with Crippen LogP contribution in [0.3, 0.4) is 0 Å². The van der Waals surface area contributed by atoms with E-state index in [4.69, 9.17) is 0 Å². The molecule has 0 rings (SSSR count). The fourth-order valence-corrected chi connectivity index (χ4v) is 6.52. The van der Waals surface area contributed by atoms with Crippen LogP contribution < -0.4 is 0 Å². The first-order valence-electron chi connectivity index (χ1n) is 19.1. The summed E-state index contributed by atoms with van der Waals surface area (Å²) in [5.74, 6) is 0. The van der Waals surface area contributed by atoms with Crippen LogP contribution in [0.5, 0.6) is 0 Å². The Balaban J connectivity index is 3.01. The number of rotatable bonds is 36. The van der Waals surface area contributed by atoms with Crippen LogP contribution in [0.15, 0.2) is 0 Å². The minimum atomic E-state index is 1.29. The third-order valence-corrected chi connectivity index (χ3v) is 9.47. The molecule has 0 aliphatic carbocycles. The van der Waals surface area contributed by atoms with Gasteiger partial charge in [0.2, 0.25) is 0 Å². The van der Waals surface area contributed by atoms with E-state index in [-0.39, 0.29) is 0 Å². The quantitative estimate of drug-likeness (QED) is 0.0528. The van der Waals surface area contributed by atoms with Crippen molar-refractivity contribution in [1.82, 2.24) is 0 Å². The lowest BCUT2D eigenvalue weighted by Crippen LogP contribution is -1.85. The average Bonchev–Trinajstić information content (AvgIpc) is 2.95. The van der Waals surface area contributed by atoms with Crippen molar-refractivity contribution in [3.8, 4) is 0 Å². The molecule has 0 fully saturated rings. The van der Waals surface area contributed by atoms with E-state index in [0.29, 0.717) is 0 Å². The van der Waals surface area contributed by atoms with Crippen molar-refractivity contribution in [1.29, 1.82) is 0 Å². The molecule has 0 saturated heterocycles. The van der Waals surface area contributed by atoms with Gasteiger partial charge in [-0.1, -0.05) is 238 Å². The Bertz CT molecular complexity index is 356. The summed E-state index contributed by atoms with van der Waals surface area (Å²) in [7, 11) is 0. The Morgan fingerprint density at radius 1 is 0.205 bits per heavy atom. The Labute approximate surface area is 258 Å². The van der Waals surface area contributed by atoms with Gasteiger partial charge in [0.15, 0.2) is 0 Å². The van der Waals surface area contributed by atoms with Crippen molar-refractivity contribution in [3.63, 3.8) is 0 Å². The number of unbranched alkanes of at least 4 members (excludes halogenated alkanes) is 35. The standard InChI is InChI=1S/C38H77.Al/c1-3-5-7-9-11-13-15-17-19-21-23-25-27-29-31-33-35-37-38-36-34-32-30-28-26-24-22-20-18-16-14-12-10-8-6-4-2;/h1,3-38H2,2H3;. The minimum absolute atomic E-state index is 1.29. The second kappa shape index (κ2) is 38.5. The highest BCUT2D eigenvalue weighted by atomic mass is 27.0. The highest BCUT2D eigenvalue weighted by Crippen LogP contribution is 2.17. The van der Waals surface area contributed by atoms with Crippen LogP contribution >= 0.6 is 0 Å². The molecular weight excluding hydrogens is 483 g/mol. The van der Waals surface area contributed by atoms with Crippen molar-refractivity contribution in [2.45, 2.75) is 243 Å². The molecule has 0 amide bonds. The molecule has 0 spiro atoms. The first-order valence-corrected chi connectivity index (χ1v) is 19.9. The van der Waals surface area contributed by atoms with E-state index in [1.54, 1.807) is 0 Å². The van der Waals surface area contributed by atoms with Crippen LogP contribution in [-0.4, -0.2) is 16.3 Å². The molecule has 39 heavy (non-hydrogen) atoms. The molecule has 232 valence electrons. The van der Waals surface area contributed by atoms with Crippen molar-refractivity contribution < 1.29 is 0 Å². The fourth-order valence-electron chi connectivity index (χ4n) is 6.23.